The van der Waals surface area contributed by atoms with Crippen molar-refractivity contribution in [2.45, 2.75) is 19.5 Å². The highest BCUT2D eigenvalue weighted by Crippen LogP contribution is 2.30. The number of rotatable bonds is 3. The van der Waals surface area contributed by atoms with E-state index in [0.29, 0.717) is 0 Å². The van der Waals surface area contributed by atoms with Crippen molar-refractivity contribution in [2.75, 3.05) is 0 Å². The maximum absolute atomic E-state index is 13.8. The van der Waals surface area contributed by atoms with Gasteiger partial charge < -0.3 is 0 Å². The van der Waals surface area contributed by atoms with Gasteiger partial charge in [0.05, 0.1) is 5.56 Å². The Balaban J connectivity index is 2.29. The molecule has 22 heavy (non-hydrogen) atoms. The Hall–Kier alpha value is -2.24. The average Bonchev–Trinajstić information content (AvgIpc) is 2.47. The molecule has 0 aromatic heterocycles. The molecular formula is C16H11F5O. The third kappa shape index (κ3) is 3.32. The fourth-order valence-corrected chi connectivity index (χ4v) is 2.00. The summed E-state index contributed by atoms with van der Waals surface area (Å²) in [6.07, 6.45) is -5.00. The van der Waals surface area contributed by atoms with E-state index in [4.69, 9.17) is 0 Å². The van der Waals surface area contributed by atoms with Gasteiger partial charge in [0.1, 0.15) is 11.6 Å². The highest BCUT2D eigenvalue weighted by atomic mass is 19.4. The number of carbonyl (C=O) groups excluding carboxylic acids is 1. The molecular weight excluding hydrogens is 303 g/mol. The Morgan fingerprint density at radius 3 is 2.41 bits per heavy atom. The zero-order valence-electron chi connectivity index (χ0n) is 11.5. The maximum atomic E-state index is 13.8. The molecule has 0 amide bonds. The molecule has 0 fully saturated rings. The smallest absolute Gasteiger partial charge is 0.294 e. The van der Waals surface area contributed by atoms with E-state index in [1.54, 1.807) is 0 Å². The lowest BCUT2D eigenvalue weighted by Gasteiger charge is -2.09. The van der Waals surface area contributed by atoms with Crippen LogP contribution in [-0.4, -0.2) is 5.78 Å². The van der Waals surface area contributed by atoms with E-state index in [-0.39, 0.29) is 16.7 Å². The number of Topliss-reactive ketones (excluding diaryl/α,β-unsaturated/α-hetero) is 1. The van der Waals surface area contributed by atoms with Gasteiger partial charge in [-0.3, -0.25) is 4.79 Å². The second-order valence-electron chi connectivity index (χ2n) is 4.82. The van der Waals surface area contributed by atoms with Gasteiger partial charge in [-0.25, -0.2) is 8.78 Å². The van der Waals surface area contributed by atoms with Gasteiger partial charge in [-0.05, 0) is 30.7 Å². The minimum absolute atomic E-state index is 0.0543. The van der Waals surface area contributed by atoms with Crippen molar-refractivity contribution in [3.05, 3.63) is 70.3 Å². The molecule has 2 aromatic carbocycles. The Kier molecular flexibility index (Phi) is 4.30. The summed E-state index contributed by atoms with van der Waals surface area (Å²) in [6.45, 7) is 1.23. The fourth-order valence-electron chi connectivity index (χ4n) is 2.00. The predicted molar refractivity (Wildman–Crippen MR) is 70.6 cm³/mol. The van der Waals surface area contributed by atoms with Crippen LogP contribution in [-0.2, 0) is 12.6 Å². The Morgan fingerprint density at radius 2 is 1.77 bits per heavy atom. The maximum Gasteiger partial charge on any atom is 0.416 e. The molecule has 0 aliphatic heterocycles. The summed E-state index contributed by atoms with van der Waals surface area (Å²) in [4.78, 5) is 12.0. The lowest BCUT2D eigenvalue weighted by Crippen LogP contribution is -2.10. The molecule has 0 spiro atoms. The van der Waals surface area contributed by atoms with Crippen LogP contribution in [0, 0.1) is 18.6 Å². The first-order valence-electron chi connectivity index (χ1n) is 6.34. The molecule has 1 nitrogen and oxygen atoms in total. The lowest BCUT2D eigenvalue weighted by molar-refractivity contribution is -0.137. The Bertz CT molecular complexity index is 719. The van der Waals surface area contributed by atoms with Gasteiger partial charge >= 0.3 is 6.18 Å². The summed E-state index contributed by atoms with van der Waals surface area (Å²) in [5.74, 6) is -2.27. The van der Waals surface area contributed by atoms with Gasteiger partial charge in [0, 0.05) is 17.5 Å². The van der Waals surface area contributed by atoms with Crippen molar-refractivity contribution < 1.29 is 26.7 Å². The number of hydrogen-bond donors (Lipinski definition) is 0. The highest BCUT2D eigenvalue weighted by Gasteiger charge is 2.30. The lowest BCUT2D eigenvalue weighted by atomic mass is 9.99. The molecule has 0 unspecified atom stereocenters. The standard InChI is InChI=1S/C16H11F5O/c1-9-13(17)6-5-11(15(9)18)8-14(22)10-3-2-4-12(7-10)16(19,20)21/h2-7H,8H2,1H3. The van der Waals surface area contributed by atoms with Crippen LogP contribution in [0.4, 0.5) is 22.0 Å². The number of halogens is 5. The fraction of sp³-hybridized carbons (Fsp3) is 0.188. The van der Waals surface area contributed by atoms with Gasteiger partial charge in [-0.15, -0.1) is 0 Å². The van der Waals surface area contributed by atoms with Crippen LogP contribution < -0.4 is 0 Å². The van der Waals surface area contributed by atoms with Crippen LogP contribution >= 0.6 is 0 Å². The monoisotopic (exact) mass is 314 g/mol. The molecule has 0 aliphatic rings. The van der Waals surface area contributed by atoms with E-state index in [1.807, 2.05) is 0 Å². The van der Waals surface area contributed by atoms with Gasteiger partial charge in [0.2, 0.25) is 0 Å². The summed E-state index contributed by atoms with van der Waals surface area (Å²) in [5, 5.41) is 0. The van der Waals surface area contributed by atoms with Gasteiger partial charge in [0.25, 0.3) is 0 Å². The Labute approximate surface area is 123 Å². The highest BCUT2D eigenvalue weighted by molar-refractivity contribution is 5.97. The number of benzene rings is 2. The molecule has 0 saturated heterocycles. The molecule has 0 heterocycles. The van der Waals surface area contributed by atoms with E-state index >= 15 is 0 Å². The zero-order chi connectivity index (χ0) is 16.5. The van der Waals surface area contributed by atoms with E-state index in [2.05, 4.69) is 0 Å². The first-order valence-corrected chi connectivity index (χ1v) is 6.34. The quantitative estimate of drug-likeness (QED) is 0.592. The normalized spacial score (nSPS) is 11.5. The van der Waals surface area contributed by atoms with Crippen molar-refractivity contribution in [3.8, 4) is 0 Å². The van der Waals surface area contributed by atoms with Gasteiger partial charge in [0.15, 0.2) is 5.78 Å². The van der Waals surface area contributed by atoms with Gasteiger partial charge in [-0.1, -0.05) is 18.2 Å². The minimum atomic E-state index is -4.56. The number of ketones is 1. The summed E-state index contributed by atoms with van der Waals surface area (Å²) in [6, 6.07) is 6.04. The molecule has 2 rings (SSSR count). The topological polar surface area (TPSA) is 17.1 Å². The van der Waals surface area contributed by atoms with Crippen molar-refractivity contribution in [3.63, 3.8) is 0 Å². The number of alkyl halides is 3. The molecule has 0 saturated carbocycles. The molecule has 2 aromatic rings. The second kappa shape index (κ2) is 5.87. The molecule has 6 heteroatoms. The number of carbonyl (C=O) groups is 1. The van der Waals surface area contributed by atoms with Crippen molar-refractivity contribution in [2.24, 2.45) is 0 Å². The van der Waals surface area contributed by atoms with Crippen molar-refractivity contribution in [1.82, 2.24) is 0 Å². The largest absolute Gasteiger partial charge is 0.416 e. The van der Waals surface area contributed by atoms with Crippen LogP contribution in [0.15, 0.2) is 36.4 Å². The third-order valence-corrected chi connectivity index (χ3v) is 3.26. The Morgan fingerprint density at radius 1 is 1.09 bits per heavy atom. The second-order valence-corrected chi connectivity index (χ2v) is 4.82. The summed E-state index contributed by atoms with van der Waals surface area (Å²) >= 11 is 0. The summed E-state index contributed by atoms with van der Waals surface area (Å²) in [7, 11) is 0. The third-order valence-electron chi connectivity index (χ3n) is 3.26. The van der Waals surface area contributed by atoms with Crippen LogP contribution in [0.1, 0.15) is 27.0 Å². The van der Waals surface area contributed by atoms with Crippen molar-refractivity contribution >= 4 is 5.78 Å². The molecule has 0 radical (unpaired) electrons. The van der Waals surface area contributed by atoms with Gasteiger partial charge in [-0.2, -0.15) is 13.2 Å². The summed E-state index contributed by atoms with van der Waals surface area (Å²) < 4.78 is 64.8. The van der Waals surface area contributed by atoms with E-state index in [9.17, 15) is 26.7 Å². The zero-order valence-corrected chi connectivity index (χ0v) is 11.5. The first-order chi connectivity index (χ1) is 10.2. The summed E-state index contributed by atoms with van der Waals surface area (Å²) in [5.41, 5.74) is -1.40. The first kappa shape index (κ1) is 16.1. The van der Waals surface area contributed by atoms with E-state index in [1.165, 1.54) is 13.0 Å². The molecule has 0 N–H and O–H groups in total. The van der Waals surface area contributed by atoms with E-state index in [0.717, 1.165) is 30.3 Å². The average molecular weight is 314 g/mol. The molecule has 0 aliphatic carbocycles. The predicted octanol–water partition coefficient (Wildman–Crippen LogP) is 4.72. The van der Waals surface area contributed by atoms with Crippen molar-refractivity contribution in [1.29, 1.82) is 0 Å². The number of hydrogen-bond acceptors (Lipinski definition) is 1. The molecule has 116 valence electrons. The van der Waals surface area contributed by atoms with Crippen LogP contribution in [0.2, 0.25) is 0 Å². The molecule has 0 atom stereocenters. The van der Waals surface area contributed by atoms with E-state index < -0.39 is 35.6 Å². The van der Waals surface area contributed by atoms with Crippen LogP contribution in [0.5, 0.6) is 0 Å². The minimum Gasteiger partial charge on any atom is -0.294 e. The molecule has 0 bridgehead atoms. The van der Waals surface area contributed by atoms with Crippen LogP contribution in [0.25, 0.3) is 0 Å². The van der Waals surface area contributed by atoms with Crippen LogP contribution in [0.3, 0.4) is 0 Å². The SMILES string of the molecule is Cc1c(F)ccc(CC(=O)c2cccc(C(F)(F)F)c2)c1F.